The van der Waals surface area contributed by atoms with Crippen LogP contribution in [0.2, 0.25) is 0 Å². The van der Waals surface area contributed by atoms with Crippen molar-refractivity contribution in [3.8, 4) is 0 Å². The van der Waals surface area contributed by atoms with Crippen LogP contribution in [0.1, 0.15) is 13.3 Å². The smallest absolute Gasteiger partial charge is 0.0426 e. The van der Waals surface area contributed by atoms with E-state index in [9.17, 15) is 0 Å². The zero-order valence-corrected chi connectivity index (χ0v) is 9.69. The lowest BCUT2D eigenvalue weighted by molar-refractivity contribution is 0.352. The maximum Gasteiger partial charge on any atom is 0.0426 e. The van der Waals surface area contributed by atoms with E-state index in [4.69, 9.17) is 0 Å². The highest BCUT2D eigenvalue weighted by Gasteiger charge is 2.24. The van der Waals surface area contributed by atoms with Crippen molar-refractivity contribution in [2.75, 3.05) is 31.6 Å². The Hall–Kier alpha value is -1.02. The molecule has 1 heterocycles. The topological polar surface area (TPSA) is 6.48 Å². The number of anilines is 1. The van der Waals surface area contributed by atoms with Crippen molar-refractivity contribution in [2.24, 2.45) is 0 Å². The lowest BCUT2D eigenvalue weighted by Gasteiger charge is -2.26. The molecule has 1 aliphatic heterocycles. The molecule has 0 bridgehead atoms. The van der Waals surface area contributed by atoms with Crippen molar-refractivity contribution in [3.63, 3.8) is 0 Å². The summed E-state index contributed by atoms with van der Waals surface area (Å²) in [5, 5.41) is 0. The van der Waals surface area contributed by atoms with Crippen molar-refractivity contribution in [1.82, 2.24) is 4.90 Å². The summed E-state index contributed by atoms with van der Waals surface area (Å²) in [6, 6.07) is 11.4. The minimum atomic E-state index is 0.687. The monoisotopic (exact) mass is 204 g/mol. The lowest BCUT2D eigenvalue weighted by atomic mass is 10.2. The van der Waals surface area contributed by atoms with Crippen LogP contribution in [0.25, 0.3) is 0 Å². The van der Waals surface area contributed by atoms with Crippen LogP contribution < -0.4 is 4.90 Å². The second-order valence-electron chi connectivity index (χ2n) is 4.28. The first-order chi connectivity index (χ1) is 7.31. The zero-order chi connectivity index (χ0) is 10.7. The van der Waals surface area contributed by atoms with Crippen LogP contribution in [-0.4, -0.2) is 37.6 Å². The van der Waals surface area contributed by atoms with Gasteiger partial charge in [-0.25, -0.2) is 0 Å². The highest BCUT2D eigenvalue weighted by molar-refractivity contribution is 5.46. The average Bonchev–Trinajstić information content (AvgIpc) is 2.78. The van der Waals surface area contributed by atoms with E-state index in [-0.39, 0.29) is 0 Å². The SMILES string of the molecule is CCN1CCC(N(C)c2ccccc2)C1. The Balaban J connectivity index is 2.00. The normalized spacial score (nSPS) is 21.9. The number of benzene rings is 1. The predicted octanol–water partition coefficient (Wildman–Crippen LogP) is 2.22. The molecule has 0 N–H and O–H groups in total. The fraction of sp³-hybridized carbons (Fsp3) is 0.538. The summed E-state index contributed by atoms with van der Waals surface area (Å²) in [6.45, 7) is 5.88. The minimum absolute atomic E-state index is 0.687. The highest BCUT2D eigenvalue weighted by atomic mass is 15.2. The third-order valence-corrected chi connectivity index (χ3v) is 3.41. The van der Waals surface area contributed by atoms with Crippen LogP contribution in [0, 0.1) is 0 Å². The number of likely N-dealkylation sites (tertiary alicyclic amines) is 1. The van der Waals surface area contributed by atoms with Crippen LogP contribution in [0.4, 0.5) is 5.69 Å². The summed E-state index contributed by atoms with van der Waals surface area (Å²) >= 11 is 0. The molecule has 1 unspecified atom stereocenters. The van der Waals surface area contributed by atoms with Crippen molar-refractivity contribution in [1.29, 1.82) is 0 Å². The molecule has 2 rings (SSSR count). The largest absolute Gasteiger partial charge is 0.370 e. The van der Waals surface area contributed by atoms with Crippen molar-refractivity contribution >= 4 is 5.69 Å². The third kappa shape index (κ3) is 2.32. The van der Waals surface area contributed by atoms with E-state index in [0.717, 1.165) is 0 Å². The van der Waals surface area contributed by atoms with Gasteiger partial charge in [0.25, 0.3) is 0 Å². The van der Waals surface area contributed by atoms with Gasteiger partial charge >= 0.3 is 0 Å². The van der Waals surface area contributed by atoms with Gasteiger partial charge in [0.15, 0.2) is 0 Å². The van der Waals surface area contributed by atoms with Gasteiger partial charge in [0.2, 0.25) is 0 Å². The minimum Gasteiger partial charge on any atom is -0.370 e. The first-order valence-electron chi connectivity index (χ1n) is 5.81. The Morgan fingerprint density at radius 1 is 1.33 bits per heavy atom. The van der Waals surface area contributed by atoms with Gasteiger partial charge in [-0.2, -0.15) is 0 Å². The molecule has 0 radical (unpaired) electrons. The summed E-state index contributed by atoms with van der Waals surface area (Å²) in [6.07, 6.45) is 1.29. The first-order valence-corrected chi connectivity index (χ1v) is 5.81. The van der Waals surface area contributed by atoms with Gasteiger partial charge in [-0.1, -0.05) is 25.1 Å². The molecule has 1 aliphatic rings. The molecule has 0 aliphatic carbocycles. The predicted molar refractivity (Wildman–Crippen MR) is 65.4 cm³/mol. The fourth-order valence-electron chi connectivity index (χ4n) is 2.29. The highest BCUT2D eigenvalue weighted by Crippen LogP contribution is 2.20. The van der Waals surface area contributed by atoms with E-state index in [1.54, 1.807) is 0 Å². The molecule has 1 fully saturated rings. The Bertz CT molecular complexity index is 297. The van der Waals surface area contributed by atoms with E-state index >= 15 is 0 Å². The maximum absolute atomic E-state index is 2.52. The molecule has 0 saturated carbocycles. The molecular formula is C13H20N2. The number of para-hydroxylation sites is 1. The van der Waals surface area contributed by atoms with Gasteiger partial charge in [-0.3, -0.25) is 0 Å². The van der Waals surface area contributed by atoms with Crippen LogP contribution in [0.5, 0.6) is 0 Å². The molecule has 82 valence electrons. The molecule has 15 heavy (non-hydrogen) atoms. The van der Waals surface area contributed by atoms with E-state index in [1.807, 2.05) is 0 Å². The van der Waals surface area contributed by atoms with Crippen LogP contribution in [-0.2, 0) is 0 Å². The van der Waals surface area contributed by atoms with E-state index < -0.39 is 0 Å². The number of nitrogens with zero attached hydrogens (tertiary/aromatic N) is 2. The van der Waals surface area contributed by atoms with Crippen molar-refractivity contribution < 1.29 is 0 Å². The van der Waals surface area contributed by atoms with E-state index in [1.165, 1.54) is 31.7 Å². The second kappa shape index (κ2) is 4.67. The molecule has 2 nitrogen and oxygen atoms in total. The fourth-order valence-corrected chi connectivity index (χ4v) is 2.29. The Morgan fingerprint density at radius 2 is 2.07 bits per heavy atom. The summed E-state index contributed by atoms with van der Waals surface area (Å²) < 4.78 is 0. The third-order valence-electron chi connectivity index (χ3n) is 3.41. The van der Waals surface area contributed by atoms with Gasteiger partial charge in [0.05, 0.1) is 0 Å². The van der Waals surface area contributed by atoms with Gasteiger partial charge in [-0.15, -0.1) is 0 Å². The van der Waals surface area contributed by atoms with Gasteiger partial charge in [0, 0.05) is 31.9 Å². The number of likely N-dealkylation sites (N-methyl/N-ethyl adjacent to an activating group) is 2. The molecule has 1 atom stereocenters. The van der Waals surface area contributed by atoms with Crippen LogP contribution in [0.3, 0.4) is 0 Å². The number of hydrogen-bond donors (Lipinski definition) is 0. The van der Waals surface area contributed by atoms with Gasteiger partial charge in [0.1, 0.15) is 0 Å². The number of hydrogen-bond acceptors (Lipinski definition) is 2. The zero-order valence-electron chi connectivity index (χ0n) is 9.69. The summed E-state index contributed by atoms with van der Waals surface area (Å²) in [7, 11) is 2.21. The molecule has 0 spiro atoms. The van der Waals surface area contributed by atoms with Gasteiger partial charge < -0.3 is 9.80 Å². The molecule has 2 heteroatoms. The van der Waals surface area contributed by atoms with Crippen LogP contribution >= 0.6 is 0 Å². The van der Waals surface area contributed by atoms with Crippen molar-refractivity contribution in [2.45, 2.75) is 19.4 Å². The first kappa shape index (κ1) is 10.5. The molecule has 0 amide bonds. The van der Waals surface area contributed by atoms with Crippen molar-refractivity contribution in [3.05, 3.63) is 30.3 Å². The Morgan fingerprint density at radius 3 is 2.67 bits per heavy atom. The maximum atomic E-state index is 2.52. The molecule has 0 aromatic heterocycles. The summed E-state index contributed by atoms with van der Waals surface area (Å²) in [5.41, 5.74) is 1.33. The average molecular weight is 204 g/mol. The second-order valence-corrected chi connectivity index (χ2v) is 4.28. The summed E-state index contributed by atoms with van der Waals surface area (Å²) in [5.74, 6) is 0. The number of rotatable bonds is 3. The lowest BCUT2D eigenvalue weighted by Crippen LogP contribution is -2.34. The van der Waals surface area contributed by atoms with Gasteiger partial charge in [-0.05, 0) is 25.1 Å². The molecule has 1 aromatic rings. The summed E-state index contributed by atoms with van der Waals surface area (Å²) in [4.78, 5) is 4.93. The van der Waals surface area contributed by atoms with E-state index in [2.05, 4.69) is 54.1 Å². The Labute approximate surface area is 92.5 Å². The molecular weight excluding hydrogens is 184 g/mol. The molecule has 1 saturated heterocycles. The van der Waals surface area contributed by atoms with E-state index in [0.29, 0.717) is 6.04 Å². The molecule has 1 aromatic carbocycles. The standard InChI is InChI=1S/C13H20N2/c1-3-15-10-9-13(11-15)14(2)12-7-5-4-6-8-12/h4-8,13H,3,9-11H2,1-2H3. The Kier molecular flexibility index (Phi) is 3.27. The quantitative estimate of drug-likeness (QED) is 0.745. The van der Waals surface area contributed by atoms with Crippen LogP contribution in [0.15, 0.2) is 30.3 Å².